The summed E-state index contributed by atoms with van der Waals surface area (Å²) in [6, 6.07) is 5.21. The van der Waals surface area contributed by atoms with Crippen LogP contribution in [0.2, 0.25) is 0 Å². The van der Waals surface area contributed by atoms with E-state index in [0.717, 1.165) is 10.6 Å². The van der Waals surface area contributed by atoms with Crippen molar-refractivity contribution in [2.45, 2.75) is 50.2 Å². The van der Waals surface area contributed by atoms with E-state index in [1.165, 1.54) is 25.3 Å². The van der Waals surface area contributed by atoms with Gasteiger partial charge in [0.05, 0.1) is 16.1 Å². The molecule has 11 heteroatoms. The molecule has 1 saturated carbocycles. The van der Waals surface area contributed by atoms with Crippen molar-refractivity contribution >= 4 is 55.9 Å². The monoisotopic (exact) mass is 603 g/mol. The smallest absolute Gasteiger partial charge is 0.417 e. The summed E-state index contributed by atoms with van der Waals surface area (Å²) in [5.41, 5.74) is -1.38. The molecule has 1 aliphatic rings. The number of pyridine rings is 1. The van der Waals surface area contributed by atoms with Crippen LogP contribution in [0, 0.1) is 9.39 Å². The zero-order valence-electron chi connectivity index (χ0n) is 19.4. The first-order valence-corrected chi connectivity index (χ1v) is 13.1. The second-order valence-corrected chi connectivity index (χ2v) is 12.6. The van der Waals surface area contributed by atoms with Crippen molar-refractivity contribution in [3.63, 3.8) is 0 Å². The normalized spacial score (nSPS) is 15.0. The molecular formula is C23H27FIN3O5S. The van der Waals surface area contributed by atoms with Gasteiger partial charge >= 0.3 is 6.09 Å². The molecule has 3 rings (SSSR count). The standard InChI is InChI=1S/C23H27FIN3O5S/c1-6-11-23(12-13-23)34(32,33)26-15-8-10-17(29)27(5)20(15)28(21(30)31)16-9-7-14(25)18(19(16)24)22(2,3)4/h6-10,26H,1,11-13H2,2-5H3,(H,30,31). The number of carbonyl (C=O) groups is 1. The molecule has 8 nitrogen and oxygen atoms in total. The Bertz CT molecular complexity index is 1330. The van der Waals surface area contributed by atoms with Gasteiger partial charge in [0, 0.05) is 22.2 Å². The Kier molecular flexibility index (Phi) is 6.93. The molecule has 0 saturated heterocycles. The van der Waals surface area contributed by atoms with Gasteiger partial charge in [-0.1, -0.05) is 26.8 Å². The lowest BCUT2D eigenvalue weighted by Crippen LogP contribution is -2.35. The molecule has 184 valence electrons. The van der Waals surface area contributed by atoms with Crippen LogP contribution >= 0.6 is 22.6 Å². The zero-order chi connectivity index (χ0) is 25.6. The van der Waals surface area contributed by atoms with Gasteiger partial charge in [0.2, 0.25) is 10.0 Å². The van der Waals surface area contributed by atoms with Crippen molar-refractivity contribution < 1.29 is 22.7 Å². The lowest BCUT2D eigenvalue weighted by Gasteiger charge is -2.29. The number of aromatic nitrogens is 1. The van der Waals surface area contributed by atoms with Crippen molar-refractivity contribution in [2.24, 2.45) is 7.05 Å². The highest BCUT2D eigenvalue weighted by Gasteiger charge is 2.53. The van der Waals surface area contributed by atoms with Gasteiger partial charge < -0.3 is 5.11 Å². The summed E-state index contributed by atoms with van der Waals surface area (Å²) in [5.74, 6) is -1.07. The van der Waals surface area contributed by atoms with Crippen molar-refractivity contribution in [1.82, 2.24) is 4.57 Å². The number of nitrogens with zero attached hydrogens (tertiary/aromatic N) is 2. The van der Waals surface area contributed by atoms with E-state index in [2.05, 4.69) is 11.3 Å². The number of rotatable bonds is 7. The molecule has 0 bridgehead atoms. The second-order valence-electron chi connectivity index (χ2n) is 9.37. The van der Waals surface area contributed by atoms with Gasteiger partial charge in [-0.15, -0.1) is 6.58 Å². The first kappa shape index (κ1) is 26.2. The third kappa shape index (κ3) is 4.59. The Morgan fingerprint density at radius 3 is 2.44 bits per heavy atom. The van der Waals surface area contributed by atoms with Crippen LogP contribution in [0.15, 0.2) is 41.7 Å². The largest absolute Gasteiger partial charge is 0.464 e. The van der Waals surface area contributed by atoms with E-state index >= 15 is 4.39 Å². The SMILES string of the molecule is C=CCC1(S(=O)(=O)Nc2ccc(=O)n(C)c2N(C(=O)O)c2ccc(I)c(C(C)(C)C)c2F)CC1. The average molecular weight is 603 g/mol. The molecule has 1 amide bonds. The van der Waals surface area contributed by atoms with Gasteiger partial charge in [0.1, 0.15) is 5.82 Å². The Balaban J connectivity index is 2.26. The van der Waals surface area contributed by atoms with Crippen LogP contribution in [0.25, 0.3) is 0 Å². The van der Waals surface area contributed by atoms with Gasteiger partial charge in [-0.25, -0.2) is 22.5 Å². The molecular weight excluding hydrogens is 576 g/mol. The first-order chi connectivity index (χ1) is 15.7. The van der Waals surface area contributed by atoms with E-state index in [4.69, 9.17) is 0 Å². The molecule has 34 heavy (non-hydrogen) atoms. The lowest BCUT2D eigenvalue weighted by atomic mass is 9.86. The number of carboxylic acid groups (broad SMARTS) is 1. The topological polar surface area (TPSA) is 109 Å². The van der Waals surface area contributed by atoms with Crippen LogP contribution in [0.4, 0.5) is 26.4 Å². The third-order valence-electron chi connectivity index (χ3n) is 5.88. The predicted octanol–water partition coefficient (Wildman–Crippen LogP) is 5.09. The van der Waals surface area contributed by atoms with E-state index in [1.807, 2.05) is 22.6 Å². The van der Waals surface area contributed by atoms with Gasteiger partial charge in [-0.05, 0) is 65.5 Å². The quantitative estimate of drug-likeness (QED) is 0.339. The second kappa shape index (κ2) is 8.99. The fourth-order valence-electron chi connectivity index (χ4n) is 3.92. The summed E-state index contributed by atoms with van der Waals surface area (Å²) in [6.45, 7) is 9.02. The van der Waals surface area contributed by atoms with Crippen LogP contribution in [-0.4, -0.2) is 28.9 Å². The minimum absolute atomic E-state index is 0.143. The molecule has 0 aliphatic heterocycles. The van der Waals surface area contributed by atoms with Crippen molar-refractivity contribution in [2.75, 3.05) is 9.62 Å². The minimum atomic E-state index is -3.96. The zero-order valence-corrected chi connectivity index (χ0v) is 22.3. The van der Waals surface area contributed by atoms with Crippen LogP contribution in [0.1, 0.15) is 45.6 Å². The minimum Gasteiger partial charge on any atom is -0.464 e. The van der Waals surface area contributed by atoms with E-state index in [1.54, 1.807) is 26.8 Å². The number of sulfonamides is 1. The predicted molar refractivity (Wildman–Crippen MR) is 139 cm³/mol. The number of allylic oxidation sites excluding steroid dienone is 1. The van der Waals surface area contributed by atoms with Crippen LogP contribution in [0.5, 0.6) is 0 Å². The fraction of sp³-hybridized carbons (Fsp3) is 0.391. The molecule has 1 aliphatic carbocycles. The van der Waals surface area contributed by atoms with Crippen LogP contribution in [-0.2, 0) is 22.5 Å². The average Bonchev–Trinajstić information content (AvgIpc) is 3.49. The van der Waals surface area contributed by atoms with E-state index in [-0.39, 0.29) is 23.6 Å². The fourth-order valence-corrected chi connectivity index (χ4v) is 6.79. The Hall–Kier alpha value is -2.41. The molecule has 0 spiro atoms. The Labute approximate surface area is 211 Å². The molecule has 1 heterocycles. The maximum atomic E-state index is 15.8. The van der Waals surface area contributed by atoms with Crippen molar-refractivity contribution in [3.05, 3.63) is 62.2 Å². The number of hydrogen-bond donors (Lipinski definition) is 2. The highest BCUT2D eigenvalue weighted by Crippen LogP contribution is 2.48. The number of amides is 1. The molecule has 1 aromatic carbocycles. The maximum absolute atomic E-state index is 15.8. The van der Waals surface area contributed by atoms with Gasteiger partial charge in [0.25, 0.3) is 5.56 Å². The van der Waals surface area contributed by atoms with Crippen LogP contribution < -0.4 is 15.2 Å². The molecule has 2 N–H and O–H groups in total. The highest BCUT2D eigenvalue weighted by atomic mass is 127. The van der Waals surface area contributed by atoms with E-state index in [9.17, 15) is 23.1 Å². The van der Waals surface area contributed by atoms with Crippen LogP contribution in [0.3, 0.4) is 0 Å². The third-order valence-corrected chi connectivity index (χ3v) is 8.99. The first-order valence-electron chi connectivity index (χ1n) is 10.5. The molecule has 1 aromatic heterocycles. The summed E-state index contributed by atoms with van der Waals surface area (Å²) in [6.07, 6.45) is 1.03. The van der Waals surface area contributed by atoms with E-state index < -0.39 is 37.7 Å². The summed E-state index contributed by atoms with van der Waals surface area (Å²) >= 11 is 1.98. The summed E-state index contributed by atoms with van der Waals surface area (Å²) in [7, 11) is -2.65. The molecule has 0 atom stereocenters. The number of hydrogen-bond acceptors (Lipinski definition) is 4. The van der Waals surface area contributed by atoms with Gasteiger partial charge in [-0.2, -0.15) is 0 Å². The Morgan fingerprint density at radius 1 is 1.32 bits per heavy atom. The summed E-state index contributed by atoms with van der Waals surface area (Å²) < 4.78 is 45.1. The molecule has 0 radical (unpaired) electrons. The van der Waals surface area contributed by atoms with Crippen molar-refractivity contribution in [3.8, 4) is 0 Å². The molecule has 1 fully saturated rings. The summed E-state index contributed by atoms with van der Waals surface area (Å²) in [4.78, 5) is 25.5. The van der Waals surface area contributed by atoms with Gasteiger partial charge in [0.15, 0.2) is 5.82 Å². The molecule has 0 unspecified atom stereocenters. The van der Waals surface area contributed by atoms with E-state index in [0.29, 0.717) is 26.9 Å². The van der Waals surface area contributed by atoms with Gasteiger partial charge in [-0.3, -0.25) is 14.1 Å². The number of nitrogens with one attached hydrogen (secondary N) is 1. The number of anilines is 3. The highest BCUT2D eigenvalue weighted by molar-refractivity contribution is 14.1. The maximum Gasteiger partial charge on any atom is 0.417 e. The van der Waals surface area contributed by atoms with Crippen molar-refractivity contribution in [1.29, 1.82) is 0 Å². The Morgan fingerprint density at radius 2 is 1.94 bits per heavy atom. The number of benzene rings is 1. The lowest BCUT2D eigenvalue weighted by molar-refractivity contribution is 0.204. The summed E-state index contributed by atoms with van der Waals surface area (Å²) in [5, 5.41) is 10.1. The number of halogens is 2. The molecule has 2 aromatic rings.